The number of carbonyl (C=O) groups excluding carboxylic acids is 1. The van der Waals surface area contributed by atoms with E-state index in [0.29, 0.717) is 0 Å². The van der Waals surface area contributed by atoms with E-state index in [0.717, 1.165) is 30.4 Å². The number of carbonyl (C=O) groups is 1. The minimum atomic E-state index is -0.602. The number of nitrogens with two attached hydrogens (primary N) is 2. The van der Waals surface area contributed by atoms with Crippen molar-refractivity contribution in [2.24, 2.45) is 11.5 Å². The number of amides is 1. The molecule has 0 fully saturated rings. The summed E-state index contributed by atoms with van der Waals surface area (Å²) in [5.74, 6) is -0.633. The second kappa shape index (κ2) is 4.72. The zero-order valence-corrected chi connectivity index (χ0v) is 9.59. The number of aryl methyl sites for hydroxylation is 1. The maximum absolute atomic E-state index is 11.0. The third-order valence-corrected chi connectivity index (χ3v) is 2.85. The Labute approximate surface area is 100 Å². The number of hydrogen-bond donors (Lipinski definition) is 3. The third-order valence-electron chi connectivity index (χ3n) is 2.85. The van der Waals surface area contributed by atoms with E-state index in [4.69, 9.17) is 11.5 Å². The highest BCUT2D eigenvalue weighted by Gasteiger charge is 2.19. The predicted octanol–water partition coefficient (Wildman–Crippen LogP) is 0.729. The zero-order valence-electron chi connectivity index (χ0n) is 8.77. The van der Waals surface area contributed by atoms with Gasteiger partial charge in [0.05, 0.1) is 5.56 Å². The Balaban J connectivity index is 0.00000128. The van der Waals surface area contributed by atoms with Gasteiger partial charge in [0.15, 0.2) is 0 Å². The van der Waals surface area contributed by atoms with E-state index >= 15 is 0 Å². The normalized spacial score (nSPS) is 18.4. The fraction of sp³-hybridized carbons (Fsp3) is 0.364. The molecule has 1 aliphatic carbocycles. The predicted molar refractivity (Wildman–Crippen MR) is 63.9 cm³/mol. The minimum Gasteiger partial charge on any atom is -0.507 e. The molecule has 5 heteroatoms. The molecule has 16 heavy (non-hydrogen) atoms. The molecule has 0 spiro atoms. The number of aromatic hydroxyl groups is 1. The van der Waals surface area contributed by atoms with Gasteiger partial charge in [-0.3, -0.25) is 4.79 Å². The maximum atomic E-state index is 11.0. The van der Waals surface area contributed by atoms with Crippen molar-refractivity contribution in [2.45, 2.75) is 25.3 Å². The van der Waals surface area contributed by atoms with Crippen molar-refractivity contribution in [1.82, 2.24) is 0 Å². The number of benzene rings is 1. The molecule has 0 bridgehead atoms. The van der Waals surface area contributed by atoms with Gasteiger partial charge in [0, 0.05) is 6.04 Å². The van der Waals surface area contributed by atoms with Crippen molar-refractivity contribution in [2.75, 3.05) is 0 Å². The van der Waals surface area contributed by atoms with Crippen LogP contribution >= 0.6 is 12.4 Å². The van der Waals surface area contributed by atoms with Crippen LogP contribution in [0.3, 0.4) is 0 Å². The van der Waals surface area contributed by atoms with Gasteiger partial charge in [-0.25, -0.2) is 0 Å². The van der Waals surface area contributed by atoms with Crippen LogP contribution in [0.5, 0.6) is 5.75 Å². The molecule has 88 valence electrons. The van der Waals surface area contributed by atoms with E-state index < -0.39 is 5.91 Å². The summed E-state index contributed by atoms with van der Waals surface area (Å²) in [6.07, 6.45) is 2.52. The van der Waals surface area contributed by atoms with Crippen molar-refractivity contribution in [3.63, 3.8) is 0 Å². The molecule has 1 aromatic rings. The largest absolute Gasteiger partial charge is 0.507 e. The summed E-state index contributed by atoms with van der Waals surface area (Å²) in [4.78, 5) is 11.0. The lowest BCUT2D eigenvalue weighted by Crippen LogP contribution is -2.28. The van der Waals surface area contributed by atoms with Gasteiger partial charge < -0.3 is 16.6 Å². The highest BCUT2D eigenvalue weighted by Crippen LogP contribution is 2.27. The van der Waals surface area contributed by atoms with Crippen molar-refractivity contribution in [1.29, 1.82) is 0 Å². The van der Waals surface area contributed by atoms with Gasteiger partial charge in [0.1, 0.15) is 5.75 Å². The molecule has 1 aromatic carbocycles. The maximum Gasteiger partial charge on any atom is 0.252 e. The second-order valence-corrected chi connectivity index (χ2v) is 4.01. The standard InChI is InChI=1S/C11H14N2O2.ClH/c12-8-2-1-6-5-10(14)9(11(13)15)4-7(6)3-8;/h4-5,8,14H,1-3,12H2,(H2,13,15);1H. The van der Waals surface area contributed by atoms with E-state index in [1.54, 1.807) is 12.1 Å². The Morgan fingerprint density at radius 2 is 2.06 bits per heavy atom. The quantitative estimate of drug-likeness (QED) is 0.678. The van der Waals surface area contributed by atoms with E-state index in [2.05, 4.69) is 0 Å². The number of phenols is 1. The Hall–Kier alpha value is -1.26. The lowest BCUT2D eigenvalue weighted by molar-refractivity contribution is 0.0997. The van der Waals surface area contributed by atoms with Gasteiger partial charge in [-0.15, -0.1) is 12.4 Å². The first kappa shape index (κ1) is 12.8. The third kappa shape index (κ3) is 2.28. The summed E-state index contributed by atoms with van der Waals surface area (Å²) in [5.41, 5.74) is 13.3. The summed E-state index contributed by atoms with van der Waals surface area (Å²) in [6.45, 7) is 0. The molecule has 0 saturated heterocycles. The average molecular weight is 243 g/mol. The van der Waals surface area contributed by atoms with Crippen LogP contribution in [0.25, 0.3) is 0 Å². The smallest absolute Gasteiger partial charge is 0.252 e. The highest BCUT2D eigenvalue weighted by atomic mass is 35.5. The first-order valence-corrected chi connectivity index (χ1v) is 4.98. The van der Waals surface area contributed by atoms with E-state index in [-0.39, 0.29) is 29.8 Å². The minimum absolute atomic E-state index is 0. The molecule has 0 aromatic heterocycles. The topological polar surface area (TPSA) is 89.3 Å². The van der Waals surface area contributed by atoms with Crippen molar-refractivity contribution in [3.8, 4) is 5.75 Å². The van der Waals surface area contributed by atoms with Crippen molar-refractivity contribution in [3.05, 3.63) is 28.8 Å². The van der Waals surface area contributed by atoms with Crippen LogP contribution in [-0.4, -0.2) is 17.1 Å². The monoisotopic (exact) mass is 242 g/mol. The van der Waals surface area contributed by atoms with Crippen LogP contribution in [0.4, 0.5) is 0 Å². The number of fused-ring (bicyclic) bond motifs is 1. The molecular formula is C11H15ClN2O2. The van der Waals surface area contributed by atoms with E-state index in [1.165, 1.54) is 0 Å². The zero-order chi connectivity index (χ0) is 11.0. The first-order chi connectivity index (χ1) is 7.08. The molecule has 1 aliphatic rings. The number of halogens is 1. The average Bonchev–Trinajstić information content (AvgIpc) is 2.17. The van der Waals surface area contributed by atoms with Crippen LogP contribution in [-0.2, 0) is 12.8 Å². The van der Waals surface area contributed by atoms with Gasteiger partial charge >= 0.3 is 0 Å². The molecule has 2 rings (SSSR count). The lowest BCUT2D eigenvalue weighted by atomic mass is 9.87. The van der Waals surface area contributed by atoms with Gasteiger partial charge in [0.2, 0.25) is 0 Å². The molecule has 4 nitrogen and oxygen atoms in total. The Kier molecular flexibility index (Phi) is 3.78. The molecule has 1 amide bonds. The molecular weight excluding hydrogens is 228 g/mol. The second-order valence-electron chi connectivity index (χ2n) is 4.01. The van der Waals surface area contributed by atoms with Crippen molar-refractivity contribution < 1.29 is 9.90 Å². The van der Waals surface area contributed by atoms with Gasteiger partial charge in [-0.1, -0.05) is 0 Å². The van der Waals surface area contributed by atoms with Gasteiger partial charge in [0.25, 0.3) is 5.91 Å². The molecule has 0 saturated carbocycles. The molecule has 0 aliphatic heterocycles. The van der Waals surface area contributed by atoms with Crippen LogP contribution in [0.15, 0.2) is 12.1 Å². The van der Waals surface area contributed by atoms with Gasteiger partial charge in [-0.2, -0.15) is 0 Å². The summed E-state index contributed by atoms with van der Waals surface area (Å²) in [7, 11) is 0. The van der Waals surface area contributed by atoms with Crippen LogP contribution in [0.1, 0.15) is 27.9 Å². The molecule has 1 unspecified atom stereocenters. The van der Waals surface area contributed by atoms with Crippen molar-refractivity contribution >= 4 is 18.3 Å². The Morgan fingerprint density at radius 1 is 1.38 bits per heavy atom. The Bertz CT molecular complexity index is 421. The summed E-state index contributed by atoms with van der Waals surface area (Å²) < 4.78 is 0. The van der Waals surface area contributed by atoms with Crippen LogP contribution in [0, 0.1) is 0 Å². The number of primary amides is 1. The molecule has 1 atom stereocenters. The first-order valence-electron chi connectivity index (χ1n) is 4.98. The van der Waals surface area contributed by atoms with E-state index in [9.17, 15) is 9.90 Å². The number of hydrogen-bond acceptors (Lipinski definition) is 3. The SMILES string of the molecule is Cl.NC(=O)c1cc2c(cc1O)CCC(N)C2. The summed E-state index contributed by atoms with van der Waals surface area (Å²) in [6, 6.07) is 3.43. The fourth-order valence-corrected chi connectivity index (χ4v) is 2.02. The van der Waals surface area contributed by atoms with Crippen LogP contribution < -0.4 is 11.5 Å². The highest BCUT2D eigenvalue weighted by molar-refractivity contribution is 5.95. The summed E-state index contributed by atoms with van der Waals surface area (Å²) >= 11 is 0. The van der Waals surface area contributed by atoms with E-state index in [1.807, 2.05) is 0 Å². The fourth-order valence-electron chi connectivity index (χ4n) is 2.02. The Morgan fingerprint density at radius 3 is 2.69 bits per heavy atom. The molecule has 5 N–H and O–H groups in total. The van der Waals surface area contributed by atoms with Crippen LogP contribution in [0.2, 0.25) is 0 Å². The molecule has 0 radical (unpaired) electrons. The lowest BCUT2D eigenvalue weighted by Gasteiger charge is -2.22. The summed E-state index contributed by atoms with van der Waals surface area (Å²) in [5, 5.41) is 9.57. The van der Waals surface area contributed by atoms with Gasteiger partial charge in [-0.05, 0) is 42.5 Å². The number of rotatable bonds is 1. The molecule has 0 heterocycles.